The minimum absolute atomic E-state index is 0.561. The molecule has 10 heteroatoms. The summed E-state index contributed by atoms with van der Waals surface area (Å²) in [4.78, 5) is 19.6. The minimum atomic E-state index is -4.37. The topological polar surface area (TPSA) is 57.6 Å². The fourth-order valence-electron chi connectivity index (χ4n) is 3.51. The summed E-state index contributed by atoms with van der Waals surface area (Å²) in [6.07, 6.45) is -3.47. The number of alkyl halides is 3. The maximum Gasteiger partial charge on any atom is 0.417 e. The summed E-state index contributed by atoms with van der Waals surface area (Å²) >= 11 is 0. The van der Waals surface area contributed by atoms with Crippen LogP contribution in [0.1, 0.15) is 11.3 Å². The number of rotatable bonds is 3. The van der Waals surface area contributed by atoms with E-state index < -0.39 is 11.7 Å². The van der Waals surface area contributed by atoms with Crippen molar-refractivity contribution >= 4 is 17.6 Å². The summed E-state index contributed by atoms with van der Waals surface area (Å²) in [7, 11) is 0. The summed E-state index contributed by atoms with van der Waals surface area (Å²) in [5, 5.41) is 0. The summed E-state index contributed by atoms with van der Waals surface area (Å²) in [6.45, 7) is 7.59. The second-order valence-corrected chi connectivity index (χ2v) is 7.14. The van der Waals surface area contributed by atoms with Gasteiger partial charge in [-0.15, -0.1) is 0 Å². The van der Waals surface area contributed by atoms with E-state index in [9.17, 15) is 13.2 Å². The smallest absolute Gasteiger partial charge is 0.378 e. The fraction of sp³-hybridized carbons (Fsp3) is 0.526. The Morgan fingerprint density at radius 3 is 2.10 bits per heavy atom. The zero-order valence-corrected chi connectivity index (χ0v) is 16.2. The molecule has 2 aromatic heterocycles. The van der Waals surface area contributed by atoms with Crippen molar-refractivity contribution in [1.82, 2.24) is 15.0 Å². The molecule has 0 atom stereocenters. The third kappa shape index (κ3) is 4.52. The summed E-state index contributed by atoms with van der Waals surface area (Å²) in [5.74, 6) is 2.15. The Morgan fingerprint density at radius 2 is 1.52 bits per heavy atom. The van der Waals surface area contributed by atoms with E-state index in [4.69, 9.17) is 9.72 Å². The largest absolute Gasteiger partial charge is 0.417 e. The highest BCUT2D eigenvalue weighted by Crippen LogP contribution is 2.29. The van der Waals surface area contributed by atoms with E-state index >= 15 is 0 Å². The predicted octanol–water partition coefficient (Wildman–Crippen LogP) is 2.36. The lowest BCUT2D eigenvalue weighted by Crippen LogP contribution is -2.47. The van der Waals surface area contributed by atoms with Crippen LogP contribution < -0.4 is 14.7 Å². The highest BCUT2D eigenvalue weighted by Gasteiger charge is 2.31. The molecule has 2 fully saturated rings. The van der Waals surface area contributed by atoms with E-state index in [1.165, 1.54) is 6.07 Å². The average molecular weight is 408 g/mol. The molecule has 7 nitrogen and oxygen atoms in total. The van der Waals surface area contributed by atoms with Crippen molar-refractivity contribution in [1.29, 1.82) is 0 Å². The van der Waals surface area contributed by atoms with Crippen LogP contribution in [0.5, 0.6) is 0 Å². The molecule has 29 heavy (non-hydrogen) atoms. The van der Waals surface area contributed by atoms with Gasteiger partial charge in [0, 0.05) is 57.2 Å². The van der Waals surface area contributed by atoms with Gasteiger partial charge in [0.1, 0.15) is 11.6 Å². The number of hydrogen-bond acceptors (Lipinski definition) is 7. The summed E-state index contributed by atoms with van der Waals surface area (Å²) in [6, 6.07) is 4.48. The van der Waals surface area contributed by atoms with Crippen molar-refractivity contribution in [3.63, 3.8) is 0 Å². The number of aryl methyl sites for hydroxylation is 1. The number of morpholine rings is 1. The number of hydrogen-bond donors (Lipinski definition) is 0. The van der Waals surface area contributed by atoms with Gasteiger partial charge in [0.2, 0.25) is 5.95 Å². The molecule has 4 heterocycles. The van der Waals surface area contributed by atoms with Gasteiger partial charge >= 0.3 is 6.18 Å². The summed E-state index contributed by atoms with van der Waals surface area (Å²) < 4.78 is 43.5. The lowest BCUT2D eigenvalue weighted by atomic mass is 10.2. The van der Waals surface area contributed by atoms with E-state index in [0.29, 0.717) is 45.2 Å². The van der Waals surface area contributed by atoms with Crippen molar-refractivity contribution in [2.24, 2.45) is 0 Å². The quantitative estimate of drug-likeness (QED) is 0.773. The number of anilines is 3. The van der Waals surface area contributed by atoms with Gasteiger partial charge in [-0.2, -0.15) is 18.2 Å². The van der Waals surface area contributed by atoms with Crippen LogP contribution >= 0.6 is 0 Å². The molecular weight excluding hydrogens is 385 g/mol. The molecule has 0 N–H and O–H groups in total. The molecule has 0 radical (unpaired) electrons. The van der Waals surface area contributed by atoms with E-state index in [2.05, 4.69) is 19.8 Å². The molecule has 0 amide bonds. The molecule has 2 aromatic rings. The monoisotopic (exact) mass is 408 g/mol. The van der Waals surface area contributed by atoms with Crippen LogP contribution in [0.2, 0.25) is 0 Å². The molecule has 0 bridgehead atoms. The molecule has 156 valence electrons. The number of ether oxygens (including phenoxy) is 1. The second kappa shape index (κ2) is 8.02. The van der Waals surface area contributed by atoms with E-state index in [-0.39, 0.29) is 0 Å². The van der Waals surface area contributed by atoms with Gasteiger partial charge in [-0.25, -0.2) is 9.97 Å². The van der Waals surface area contributed by atoms with Crippen LogP contribution in [0.3, 0.4) is 0 Å². The first-order valence-electron chi connectivity index (χ1n) is 9.62. The average Bonchev–Trinajstić information content (AvgIpc) is 2.73. The molecule has 0 spiro atoms. The highest BCUT2D eigenvalue weighted by atomic mass is 19.4. The number of halogens is 3. The number of aromatic nitrogens is 3. The van der Waals surface area contributed by atoms with Crippen molar-refractivity contribution in [3.8, 4) is 0 Å². The zero-order valence-electron chi connectivity index (χ0n) is 16.2. The van der Waals surface area contributed by atoms with Gasteiger partial charge in [-0.1, -0.05) is 0 Å². The minimum Gasteiger partial charge on any atom is -0.378 e. The van der Waals surface area contributed by atoms with E-state index in [0.717, 1.165) is 42.8 Å². The third-order valence-electron chi connectivity index (χ3n) is 5.13. The molecule has 2 saturated heterocycles. The maximum atomic E-state index is 12.7. The van der Waals surface area contributed by atoms with Gasteiger partial charge in [-0.05, 0) is 19.1 Å². The van der Waals surface area contributed by atoms with Crippen molar-refractivity contribution in [2.45, 2.75) is 13.1 Å². The van der Waals surface area contributed by atoms with E-state index in [1.807, 2.05) is 17.9 Å². The molecule has 0 aromatic carbocycles. The van der Waals surface area contributed by atoms with Crippen LogP contribution in [-0.2, 0) is 10.9 Å². The second-order valence-electron chi connectivity index (χ2n) is 7.14. The van der Waals surface area contributed by atoms with Crippen molar-refractivity contribution < 1.29 is 17.9 Å². The molecule has 0 aliphatic carbocycles. The van der Waals surface area contributed by atoms with Crippen molar-refractivity contribution in [3.05, 3.63) is 35.7 Å². The number of pyridine rings is 1. The van der Waals surface area contributed by atoms with Crippen LogP contribution in [0.4, 0.5) is 30.8 Å². The molecule has 4 rings (SSSR count). The highest BCUT2D eigenvalue weighted by molar-refractivity contribution is 5.49. The Hall–Kier alpha value is -2.62. The van der Waals surface area contributed by atoms with Crippen LogP contribution in [-0.4, -0.2) is 67.4 Å². The van der Waals surface area contributed by atoms with Crippen LogP contribution in [0.25, 0.3) is 0 Å². The Balaban J connectivity index is 1.42. The first-order valence-corrected chi connectivity index (χ1v) is 9.62. The van der Waals surface area contributed by atoms with Gasteiger partial charge in [-0.3, -0.25) is 0 Å². The zero-order chi connectivity index (χ0) is 20.4. The SMILES string of the molecule is Cc1cc(N2CCN(c3ccc(C(F)(F)F)cn3)CC2)nc(N2CCOCC2)n1. The molecule has 2 aliphatic heterocycles. The van der Waals surface area contributed by atoms with Gasteiger partial charge in [0.15, 0.2) is 0 Å². The lowest BCUT2D eigenvalue weighted by Gasteiger charge is -2.36. The lowest BCUT2D eigenvalue weighted by molar-refractivity contribution is -0.137. The molecule has 0 unspecified atom stereocenters. The molecule has 2 aliphatic rings. The Morgan fingerprint density at radius 1 is 0.862 bits per heavy atom. The van der Waals surface area contributed by atoms with Crippen LogP contribution in [0.15, 0.2) is 24.4 Å². The van der Waals surface area contributed by atoms with E-state index in [1.54, 1.807) is 0 Å². The number of piperazine rings is 1. The van der Waals surface area contributed by atoms with Crippen molar-refractivity contribution in [2.75, 3.05) is 67.2 Å². The van der Waals surface area contributed by atoms with Crippen LogP contribution in [0, 0.1) is 6.92 Å². The standard InChI is InChI=1S/C19H23F3N6O/c1-14-12-17(25-18(24-14)28-8-10-29-11-9-28)27-6-4-26(5-7-27)16-3-2-15(13-23-16)19(20,21)22/h2-3,12-13H,4-11H2,1H3. The third-order valence-corrected chi connectivity index (χ3v) is 5.13. The Labute approximate surface area is 167 Å². The first kappa shape index (κ1) is 19.7. The van der Waals surface area contributed by atoms with Gasteiger partial charge < -0.3 is 19.4 Å². The predicted molar refractivity (Wildman–Crippen MR) is 103 cm³/mol. The van der Waals surface area contributed by atoms with Gasteiger partial charge in [0.25, 0.3) is 0 Å². The Bertz CT molecular complexity index is 831. The number of nitrogens with zero attached hydrogens (tertiary/aromatic N) is 6. The summed E-state index contributed by atoms with van der Waals surface area (Å²) in [5.41, 5.74) is 0.176. The normalized spacial score (nSPS) is 18.3. The molecule has 0 saturated carbocycles. The Kier molecular flexibility index (Phi) is 5.44. The van der Waals surface area contributed by atoms with Gasteiger partial charge in [0.05, 0.1) is 18.8 Å². The molecular formula is C19H23F3N6O. The fourth-order valence-corrected chi connectivity index (χ4v) is 3.51. The maximum absolute atomic E-state index is 12.7. The first-order chi connectivity index (χ1) is 13.9.